The predicted molar refractivity (Wildman–Crippen MR) is 321 cm³/mol. The van der Waals surface area contributed by atoms with Gasteiger partial charge in [-0.1, -0.05) is 239 Å². The molecule has 4 aliphatic carbocycles. The van der Waals surface area contributed by atoms with E-state index in [1.165, 1.54) is 122 Å². The zero-order valence-corrected chi connectivity index (χ0v) is 45.7. The number of hydrogen-bond donors (Lipinski definition) is 0. The summed E-state index contributed by atoms with van der Waals surface area (Å²) < 4.78 is 0. The highest BCUT2D eigenvalue weighted by atomic mass is 15.1. The van der Waals surface area contributed by atoms with Crippen molar-refractivity contribution in [2.45, 2.75) is 96.3 Å². The molecule has 10 aromatic carbocycles. The van der Waals surface area contributed by atoms with E-state index >= 15 is 0 Å². The maximum atomic E-state index is 2.56. The van der Waals surface area contributed by atoms with E-state index in [1.54, 1.807) is 0 Å². The first-order valence-corrected chi connectivity index (χ1v) is 27.5. The van der Waals surface area contributed by atoms with Crippen LogP contribution in [0.5, 0.6) is 0 Å². The molecule has 76 heavy (non-hydrogen) atoms. The summed E-state index contributed by atoms with van der Waals surface area (Å²) in [6.07, 6.45) is 0. The summed E-state index contributed by atoms with van der Waals surface area (Å²) in [6, 6.07) is 81.9. The zero-order chi connectivity index (χ0) is 52.3. The standard InChI is InChI=1S/C75H65N/c1-71(2,3)49-32-38-59-60-39-33-50(72(4,5)6)44-68(60)75(67(59)43-49)65-28-16-13-22-56(65)61-40-36-53(45-69(61)75)76(51-34-29-46(30-35-51)47-31-37-58-55-21-11-14-26-63(55)73(7,8)66(58)42-47)52-20-17-19-48(41-52)54-24-18-25-62-57-23-12-15-27-64(57)74(9,10)70(54)62/h11-45H,1-10H3. The number of fused-ring (bicyclic) bond motifs is 16. The van der Waals surface area contributed by atoms with Crippen molar-refractivity contribution in [1.29, 1.82) is 0 Å². The van der Waals surface area contributed by atoms with E-state index < -0.39 is 5.41 Å². The second kappa shape index (κ2) is 16.0. The van der Waals surface area contributed by atoms with Crippen LogP contribution in [-0.4, -0.2) is 0 Å². The summed E-state index contributed by atoms with van der Waals surface area (Å²) in [5.74, 6) is 0. The summed E-state index contributed by atoms with van der Waals surface area (Å²) in [6.45, 7) is 23.6. The Balaban J connectivity index is 0.980. The molecule has 0 heterocycles. The minimum absolute atomic E-state index is 0.0315. The van der Waals surface area contributed by atoms with Crippen LogP contribution in [0.25, 0.3) is 66.8 Å². The lowest BCUT2D eigenvalue weighted by Gasteiger charge is -2.34. The molecule has 0 radical (unpaired) electrons. The van der Waals surface area contributed by atoms with Crippen LogP contribution in [0.2, 0.25) is 0 Å². The maximum Gasteiger partial charge on any atom is 0.0726 e. The van der Waals surface area contributed by atoms with Crippen molar-refractivity contribution in [3.05, 3.63) is 268 Å². The number of rotatable bonds is 5. The van der Waals surface area contributed by atoms with Crippen LogP contribution in [-0.2, 0) is 27.1 Å². The molecule has 0 amide bonds. The second-order valence-electron chi connectivity index (χ2n) is 25.3. The van der Waals surface area contributed by atoms with E-state index in [0.717, 1.165) is 17.1 Å². The van der Waals surface area contributed by atoms with Crippen molar-refractivity contribution in [2.24, 2.45) is 0 Å². The molecule has 14 rings (SSSR count). The number of nitrogens with zero attached hydrogens (tertiary/aromatic N) is 1. The maximum absolute atomic E-state index is 2.56. The minimum Gasteiger partial charge on any atom is -0.310 e. The molecule has 1 nitrogen and oxygen atoms in total. The number of benzene rings is 10. The molecule has 0 N–H and O–H groups in total. The monoisotopic (exact) mass is 980 g/mol. The van der Waals surface area contributed by atoms with E-state index in [4.69, 9.17) is 0 Å². The highest BCUT2D eigenvalue weighted by molar-refractivity contribution is 5.97. The molecule has 0 saturated heterocycles. The highest BCUT2D eigenvalue weighted by Gasteiger charge is 2.52. The third-order valence-corrected chi connectivity index (χ3v) is 18.2. The van der Waals surface area contributed by atoms with Crippen LogP contribution >= 0.6 is 0 Å². The highest BCUT2D eigenvalue weighted by Crippen LogP contribution is 2.64. The van der Waals surface area contributed by atoms with E-state index in [-0.39, 0.29) is 21.7 Å². The molecule has 0 aliphatic heterocycles. The van der Waals surface area contributed by atoms with E-state index in [2.05, 4.69) is 286 Å². The first-order valence-electron chi connectivity index (χ1n) is 27.5. The topological polar surface area (TPSA) is 3.24 Å². The fourth-order valence-electron chi connectivity index (χ4n) is 14.3. The molecule has 0 fully saturated rings. The van der Waals surface area contributed by atoms with Gasteiger partial charge < -0.3 is 4.90 Å². The van der Waals surface area contributed by atoms with Crippen LogP contribution in [0, 0.1) is 0 Å². The van der Waals surface area contributed by atoms with Gasteiger partial charge in [0.2, 0.25) is 0 Å². The molecule has 0 bridgehead atoms. The molecule has 1 spiro atoms. The molecule has 0 saturated carbocycles. The normalized spacial score (nSPS) is 15.3. The summed E-state index contributed by atoms with van der Waals surface area (Å²) >= 11 is 0. The van der Waals surface area contributed by atoms with Crippen molar-refractivity contribution >= 4 is 17.1 Å². The second-order valence-corrected chi connectivity index (χ2v) is 25.3. The Morgan fingerprint density at radius 1 is 0.276 bits per heavy atom. The van der Waals surface area contributed by atoms with Crippen LogP contribution in [0.15, 0.2) is 212 Å². The van der Waals surface area contributed by atoms with Crippen molar-refractivity contribution in [3.8, 4) is 66.8 Å². The lowest BCUT2D eigenvalue weighted by molar-refractivity contribution is 0.586. The molecular weight excluding hydrogens is 915 g/mol. The van der Waals surface area contributed by atoms with Gasteiger partial charge in [-0.3, -0.25) is 0 Å². The molecule has 1 heteroatoms. The molecule has 10 aromatic rings. The first kappa shape index (κ1) is 46.5. The smallest absolute Gasteiger partial charge is 0.0726 e. The summed E-state index contributed by atoms with van der Waals surface area (Å²) in [5, 5.41) is 0. The average molecular weight is 980 g/mol. The summed E-state index contributed by atoms with van der Waals surface area (Å²) in [4.78, 5) is 2.52. The number of anilines is 3. The summed E-state index contributed by atoms with van der Waals surface area (Å²) in [5.41, 5.74) is 31.9. The van der Waals surface area contributed by atoms with Gasteiger partial charge >= 0.3 is 0 Å². The Hall–Kier alpha value is -8.00. The van der Waals surface area contributed by atoms with Crippen LogP contribution in [0.4, 0.5) is 17.1 Å². The molecule has 0 atom stereocenters. The van der Waals surface area contributed by atoms with Crippen molar-refractivity contribution in [3.63, 3.8) is 0 Å². The van der Waals surface area contributed by atoms with Gasteiger partial charge in [0.05, 0.1) is 5.41 Å². The van der Waals surface area contributed by atoms with E-state index in [9.17, 15) is 0 Å². The Kier molecular flexibility index (Phi) is 9.80. The lowest BCUT2D eigenvalue weighted by atomic mass is 9.68. The summed E-state index contributed by atoms with van der Waals surface area (Å²) in [7, 11) is 0. The molecule has 370 valence electrons. The fraction of sp³-hybridized carbons (Fsp3) is 0.200. The average Bonchev–Trinajstić information content (AvgIpc) is 4.19. The van der Waals surface area contributed by atoms with Gasteiger partial charge in [-0.25, -0.2) is 0 Å². The third kappa shape index (κ3) is 6.51. The van der Waals surface area contributed by atoms with Gasteiger partial charge in [-0.15, -0.1) is 0 Å². The largest absolute Gasteiger partial charge is 0.310 e. The van der Waals surface area contributed by atoms with Crippen molar-refractivity contribution in [1.82, 2.24) is 0 Å². The van der Waals surface area contributed by atoms with Gasteiger partial charge in [0.15, 0.2) is 0 Å². The SMILES string of the molecule is CC(C)(C)c1ccc2c(c1)C1(c3ccccc3-c3ccc(N(c4ccc(-c5ccc6c(c5)C(C)(C)c5ccccc5-6)cc4)c4cccc(-c5cccc6c5C(C)(C)c5ccccc5-6)c4)cc31)c1cc(C(C)(C)C)ccc1-2. The Morgan fingerprint density at radius 3 is 1.34 bits per heavy atom. The van der Waals surface area contributed by atoms with Gasteiger partial charge in [0.25, 0.3) is 0 Å². The Labute approximate surface area is 450 Å². The fourth-order valence-corrected chi connectivity index (χ4v) is 14.3. The van der Waals surface area contributed by atoms with Crippen LogP contribution in [0.3, 0.4) is 0 Å². The van der Waals surface area contributed by atoms with Gasteiger partial charge in [-0.2, -0.15) is 0 Å². The van der Waals surface area contributed by atoms with Gasteiger partial charge in [0.1, 0.15) is 0 Å². The predicted octanol–water partition coefficient (Wildman–Crippen LogP) is 20.0. The van der Waals surface area contributed by atoms with Crippen molar-refractivity contribution in [2.75, 3.05) is 4.90 Å². The van der Waals surface area contributed by atoms with Crippen LogP contribution < -0.4 is 4.90 Å². The molecular formula is C75H65N. The molecule has 0 aromatic heterocycles. The molecule has 4 aliphatic rings. The van der Waals surface area contributed by atoms with Crippen LogP contribution in [0.1, 0.15) is 125 Å². The first-order chi connectivity index (χ1) is 36.5. The van der Waals surface area contributed by atoms with E-state index in [0.29, 0.717) is 0 Å². The number of hydrogen-bond acceptors (Lipinski definition) is 1. The third-order valence-electron chi connectivity index (χ3n) is 18.2. The lowest BCUT2D eigenvalue weighted by Crippen LogP contribution is -2.27. The minimum atomic E-state index is -0.529. The molecule has 0 unspecified atom stereocenters. The quantitative estimate of drug-likeness (QED) is 0.166. The van der Waals surface area contributed by atoms with Gasteiger partial charge in [0, 0.05) is 27.9 Å². The Morgan fingerprint density at radius 2 is 0.711 bits per heavy atom. The Bertz CT molecular complexity index is 4000. The van der Waals surface area contributed by atoms with Gasteiger partial charge in [-0.05, 0) is 176 Å². The zero-order valence-electron chi connectivity index (χ0n) is 45.7. The van der Waals surface area contributed by atoms with E-state index in [1.807, 2.05) is 0 Å². The van der Waals surface area contributed by atoms with Crippen molar-refractivity contribution < 1.29 is 0 Å².